The average molecular weight is 572 g/mol. The first-order valence-corrected chi connectivity index (χ1v) is 16.2. The molecule has 3 nitrogen and oxygen atoms in total. The van der Waals surface area contributed by atoms with Gasteiger partial charge in [-0.2, -0.15) is 0 Å². The maximum absolute atomic E-state index is 13.2. The van der Waals surface area contributed by atoms with Crippen LogP contribution in [0.3, 0.4) is 0 Å². The lowest BCUT2D eigenvalue weighted by atomic mass is 10.0. The summed E-state index contributed by atoms with van der Waals surface area (Å²) in [5.41, 5.74) is 1.33. The van der Waals surface area contributed by atoms with E-state index in [0.717, 1.165) is 19.3 Å². The summed E-state index contributed by atoms with van der Waals surface area (Å²) in [5.74, 6) is 0.689. The summed E-state index contributed by atoms with van der Waals surface area (Å²) in [4.78, 5) is 19.8. The number of unbranched alkanes of at least 4 members (excludes halogenated alkanes) is 14. The molecule has 0 fully saturated rings. The third kappa shape index (κ3) is 14.2. The molecule has 0 saturated carbocycles. The molecule has 0 N–H and O–H groups in total. The van der Waals surface area contributed by atoms with Gasteiger partial charge in [0.05, 0.1) is 5.56 Å². The number of para-hydroxylation sites is 1. The number of quaternary nitrogens is 1. The Morgan fingerprint density at radius 3 is 1.62 bits per heavy atom. The fourth-order valence-electron chi connectivity index (χ4n) is 5.66. The van der Waals surface area contributed by atoms with Crippen LogP contribution in [0.5, 0.6) is 5.75 Å². The fraction of sp³-hybridized carbons (Fsp3) is 0.639. The number of carbonyl (C=O) groups is 1. The van der Waals surface area contributed by atoms with Crippen LogP contribution in [-0.4, -0.2) is 30.6 Å². The van der Waals surface area contributed by atoms with Gasteiger partial charge in [0.2, 0.25) is 5.75 Å². The molecule has 0 aliphatic carbocycles. The van der Waals surface area contributed by atoms with Crippen molar-refractivity contribution in [1.82, 2.24) is 0 Å². The highest BCUT2D eigenvalue weighted by molar-refractivity contribution is 6.10. The number of hydrogen-bond donors (Lipinski definition) is 0. The number of ketones is 1. The molecule has 0 saturated heterocycles. The standard InChI is InChI=1S/C36H58NO2.ClH/c1-5-7-8-9-10-11-12-13-14-15-16-17-18-19-23-29-33(26-6-2)37(3,4)39-35-31-25-24-30-34(35)36(38)32-27-21-20-22-28-32;/h20-22,24-25,27-28,30-31,33H,5-19,23,26,29H2,1-4H3;1H/q+1;/p-1. The number of benzene rings is 2. The molecule has 0 aromatic heterocycles. The Balaban J connectivity index is 0.00000800. The van der Waals surface area contributed by atoms with E-state index >= 15 is 0 Å². The van der Waals surface area contributed by atoms with Crippen molar-refractivity contribution >= 4 is 5.78 Å². The summed E-state index contributed by atoms with van der Waals surface area (Å²) >= 11 is 0. The van der Waals surface area contributed by atoms with Gasteiger partial charge >= 0.3 is 0 Å². The molecule has 0 radical (unpaired) electrons. The van der Waals surface area contributed by atoms with Gasteiger partial charge in [0.25, 0.3) is 0 Å². The summed E-state index contributed by atoms with van der Waals surface area (Å²) in [6.45, 7) is 4.55. The lowest BCUT2D eigenvalue weighted by molar-refractivity contribution is -1.07. The summed E-state index contributed by atoms with van der Waals surface area (Å²) in [6.07, 6.45) is 24.3. The Kier molecular flexibility index (Phi) is 19.8. The smallest absolute Gasteiger partial charge is 0.201 e. The Bertz CT molecular complexity index is 899. The van der Waals surface area contributed by atoms with Crippen molar-refractivity contribution in [3.05, 3.63) is 65.7 Å². The molecule has 2 aromatic carbocycles. The third-order valence-electron chi connectivity index (χ3n) is 8.14. The van der Waals surface area contributed by atoms with Crippen LogP contribution in [-0.2, 0) is 0 Å². The number of halogens is 1. The van der Waals surface area contributed by atoms with E-state index < -0.39 is 0 Å². The molecule has 4 heteroatoms. The Hall–Kier alpha value is -1.84. The number of rotatable bonds is 23. The molecule has 2 aromatic rings. The molecule has 40 heavy (non-hydrogen) atoms. The Labute approximate surface area is 253 Å². The molecule has 2 rings (SSSR count). The predicted molar refractivity (Wildman–Crippen MR) is 167 cm³/mol. The van der Waals surface area contributed by atoms with Gasteiger partial charge in [-0.05, 0) is 18.6 Å². The molecule has 0 spiro atoms. The van der Waals surface area contributed by atoms with Gasteiger partial charge in [0.1, 0.15) is 20.1 Å². The fourth-order valence-corrected chi connectivity index (χ4v) is 5.66. The van der Waals surface area contributed by atoms with Crippen molar-refractivity contribution in [2.75, 3.05) is 14.1 Å². The second-order valence-corrected chi connectivity index (χ2v) is 11.9. The number of nitrogens with zero attached hydrogens (tertiary/aromatic N) is 1. The SMILES string of the molecule is CCCCCCCCCCCCCCCCCC(CCC)[N+](C)(C)Oc1ccccc1C(=O)c1ccccc1.[Cl-]. The topological polar surface area (TPSA) is 26.3 Å². The van der Waals surface area contributed by atoms with E-state index in [1.165, 1.54) is 96.3 Å². The average Bonchev–Trinajstić information content (AvgIpc) is 2.94. The van der Waals surface area contributed by atoms with Crippen LogP contribution >= 0.6 is 0 Å². The van der Waals surface area contributed by atoms with Crippen molar-refractivity contribution < 1.29 is 26.7 Å². The zero-order chi connectivity index (χ0) is 28.2. The number of carbonyl (C=O) groups excluding carboxylic acids is 1. The quantitative estimate of drug-likeness (QED) is 0.0590. The van der Waals surface area contributed by atoms with Crippen molar-refractivity contribution in [3.63, 3.8) is 0 Å². The summed E-state index contributed by atoms with van der Waals surface area (Å²) < 4.78 is 0.450. The van der Waals surface area contributed by atoms with Crippen LogP contribution in [0.4, 0.5) is 0 Å². The van der Waals surface area contributed by atoms with E-state index in [1.54, 1.807) is 0 Å². The largest absolute Gasteiger partial charge is 1.00 e. The van der Waals surface area contributed by atoms with Crippen LogP contribution in [0.2, 0.25) is 0 Å². The normalized spacial score (nSPS) is 12.1. The van der Waals surface area contributed by atoms with E-state index in [-0.39, 0.29) is 18.2 Å². The highest BCUT2D eigenvalue weighted by Crippen LogP contribution is 2.28. The molecule has 0 aliphatic rings. The lowest BCUT2D eigenvalue weighted by Crippen LogP contribution is -3.00. The van der Waals surface area contributed by atoms with Gasteiger partial charge in [-0.15, -0.1) is 4.65 Å². The Morgan fingerprint density at radius 1 is 0.625 bits per heavy atom. The van der Waals surface area contributed by atoms with E-state index in [9.17, 15) is 4.79 Å². The highest BCUT2D eigenvalue weighted by atomic mass is 35.5. The van der Waals surface area contributed by atoms with Gasteiger partial charge in [-0.1, -0.05) is 153 Å². The zero-order valence-electron chi connectivity index (χ0n) is 26.1. The molecule has 1 unspecified atom stereocenters. The summed E-state index contributed by atoms with van der Waals surface area (Å²) in [7, 11) is 4.30. The van der Waals surface area contributed by atoms with E-state index in [1.807, 2.05) is 54.6 Å². The molecule has 226 valence electrons. The van der Waals surface area contributed by atoms with Crippen molar-refractivity contribution in [2.24, 2.45) is 0 Å². The molecule has 1 atom stereocenters. The maximum Gasteiger partial charge on any atom is 0.201 e. The minimum atomic E-state index is 0. The van der Waals surface area contributed by atoms with Gasteiger partial charge in [-0.25, -0.2) is 0 Å². The van der Waals surface area contributed by atoms with Crippen LogP contribution in [0.15, 0.2) is 54.6 Å². The van der Waals surface area contributed by atoms with Crippen LogP contribution in [0.1, 0.15) is 145 Å². The van der Waals surface area contributed by atoms with Crippen LogP contribution in [0, 0.1) is 0 Å². The van der Waals surface area contributed by atoms with Gasteiger partial charge in [-0.3, -0.25) is 4.79 Å². The number of hydrogen-bond acceptors (Lipinski definition) is 2. The molecule has 0 heterocycles. The van der Waals surface area contributed by atoms with Gasteiger partial charge < -0.3 is 17.2 Å². The second-order valence-electron chi connectivity index (χ2n) is 11.9. The lowest BCUT2D eigenvalue weighted by Gasteiger charge is -2.36. The molecular formula is C36H58ClNO2. The summed E-state index contributed by atoms with van der Waals surface area (Å²) in [5, 5.41) is 0. The first-order valence-electron chi connectivity index (χ1n) is 16.2. The van der Waals surface area contributed by atoms with Gasteiger partial charge in [0, 0.05) is 18.4 Å². The molecular weight excluding hydrogens is 514 g/mol. The zero-order valence-corrected chi connectivity index (χ0v) is 26.9. The van der Waals surface area contributed by atoms with Crippen LogP contribution < -0.4 is 17.2 Å². The monoisotopic (exact) mass is 571 g/mol. The van der Waals surface area contributed by atoms with Crippen molar-refractivity contribution in [2.45, 2.75) is 135 Å². The maximum atomic E-state index is 13.2. The van der Waals surface area contributed by atoms with E-state index in [4.69, 9.17) is 4.84 Å². The summed E-state index contributed by atoms with van der Waals surface area (Å²) in [6, 6.07) is 17.6. The molecule has 0 bridgehead atoms. The molecule has 0 aliphatic heterocycles. The first-order chi connectivity index (χ1) is 19.0. The first kappa shape index (κ1) is 36.2. The Morgan fingerprint density at radius 2 is 1.10 bits per heavy atom. The third-order valence-corrected chi connectivity index (χ3v) is 8.14. The second kappa shape index (κ2) is 21.8. The van der Waals surface area contributed by atoms with Crippen LogP contribution in [0.25, 0.3) is 0 Å². The van der Waals surface area contributed by atoms with E-state index in [0.29, 0.717) is 27.6 Å². The predicted octanol–water partition coefficient (Wildman–Crippen LogP) is 7.72. The molecule has 0 amide bonds. The van der Waals surface area contributed by atoms with E-state index in [2.05, 4.69) is 27.9 Å². The highest BCUT2D eigenvalue weighted by Gasteiger charge is 2.32. The number of hydroxylamine groups is 3. The van der Waals surface area contributed by atoms with Crippen molar-refractivity contribution in [3.8, 4) is 5.75 Å². The van der Waals surface area contributed by atoms with Gasteiger partial charge in [0.15, 0.2) is 5.78 Å². The minimum absolute atomic E-state index is 0. The van der Waals surface area contributed by atoms with Crippen molar-refractivity contribution in [1.29, 1.82) is 0 Å². The minimum Gasteiger partial charge on any atom is -1.00 e.